The van der Waals surface area contributed by atoms with E-state index in [2.05, 4.69) is 9.97 Å². The van der Waals surface area contributed by atoms with Gasteiger partial charge in [0, 0.05) is 48.0 Å². The van der Waals surface area contributed by atoms with Gasteiger partial charge in [0.15, 0.2) is 0 Å². The highest BCUT2D eigenvalue weighted by molar-refractivity contribution is 5.93. The lowest BCUT2D eigenvalue weighted by Crippen LogP contribution is -2.10. The van der Waals surface area contributed by atoms with E-state index in [0.29, 0.717) is 16.7 Å². The zero-order chi connectivity index (χ0) is 27.7. The Morgan fingerprint density at radius 3 is 1.66 bits per heavy atom. The van der Waals surface area contributed by atoms with Gasteiger partial charge in [-0.15, -0.1) is 0 Å². The lowest BCUT2D eigenvalue weighted by Gasteiger charge is -2.05. The van der Waals surface area contributed by atoms with Crippen LogP contribution in [0.1, 0.15) is 20.7 Å². The molecule has 0 aliphatic heterocycles. The number of phenolic OH excluding ortho intramolecular Hbond substituents is 3. The van der Waals surface area contributed by atoms with Gasteiger partial charge in [-0.25, -0.2) is 0 Å². The third-order valence-corrected chi connectivity index (χ3v) is 4.95. The molecule has 0 bridgehead atoms. The topological polar surface area (TPSA) is 203 Å². The maximum absolute atomic E-state index is 12.4. The molecule has 0 saturated heterocycles. The Morgan fingerprint density at radius 2 is 1.21 bits per heavy atom. The van der Waals surface area contributed by atoms with Crippen LogP contribution in [0.25, 0.3) is 22.1 Å². The summed E-state index contributed by atoms with van der Waals surface area (Å²) < 4.78 is 5.29. The lowest BCUT2D eigenvalue weighted by molar-refractivity contribution is 0.0991. The van der Waals surface area contributed by atoms with Gasteiger partial charge in [0.05, 0.1) is 5.56 Å². The molecular formula is C27H22N4O7. The number of amides is 2. The maximum Gasteiger partial charge on any atom is 0.248 e. The van der Waals surface area contributed by atoms with Crippen LogP contribution in [0.2, 0.25) is 0 Å². The predicted molar refractivity (Wildman–Crippen MR) is 138 cm³/mol. The zero-order valence-corrected chi connectivity index (χ0v) is 19.7. The van der Waals surface area contributed by atoms with E-state index in [1.165, 1.54) is 49.2 Å². The molecule has 11 nitrogen and oxygen atoms in total. The van der Waals surface area contributed by atoms with Crippen LogP contribution >= 0.6 is 0 Å². The summed E-state index contributed by atoms with van der Waals surface area (Å²) in [7, 11) is 0. The minimum atomic E-state index is -0.419. The van der Waals surface area contributed by atoms with Gasteiger partial charge in [0.25, 0.3) is 0 Å². The van der Waals surface area contributed by atoms with Gasteiger partial charge in [-0.1, -0.05) is 12.1 Å². The summed E-state index contributed by atoms with van der Waals surface area (Å²) in [6.07, 6.45) is 7.37. The fraction of sp³-hybridized carbons (Fsp3) is 0. The van der Waals surface area contributed by atoms with Crippen molar-refractivity contribution in [2.24, 2.45) is 11.5 Å². The summed E-state index contributed by atoms with van der Waals surface area (Å²) >= 11 is 0. The third-order valence-electron chi connectivity index (χ3n) is 4.95. The minimum Gasteiger partial charge on any atom is -0.508 e. The molecule has 0 aliphatic carbocycles. The molecule has 0 fully saturated rings. The molecule has 0 atom stereocenters. The van der Waals surface area contributed by atoms with E-state index in [9.17, 15) is 29.7 Å². The number of hydrogen-bond donors (Lipinski definition) is 5. The molecule has 38 heavy (non-hydrogen) atoms. The number of hydrogen-bond acceptors (Lipinski definition) is 9. The zero-order valence-electron chi connectivity index (χ0n) is 19.7. The second kappa shape index (κ2) is 12.3. The first-order valence-electron chi connectivity index (χ1n) is 10.8. The second-order valence-electron chi connectivity index (χ2n) is 7.56. The van der Waals surface area contributed by atoms with Gasteiger partial charge in [0.1, 0.15) is 34.5 Å². The molecule has 0 spiro atoms. The number of carbonyl (C=O) groups is 2. The van der Waals surface area contributed by atoms with Gasteiger partial charge < -0.3 is 31.2 Å². The predicted octanol–water partition coefficient (Wildman–Crippen LogP) is 2.94. The van der Waals surface area contributed by atoms with Crippen molar-refractivity contribution in [3.8, 4) is 28.4 Å². The average Bonchev–Trinajstić information content (AvgIpc) is 2.91. The Hall–Kier alpha value is -5.71. The molecule has 0 unspecified atom stereocenters. The average molecular weight is 514 g/mol. The quantitative estimate of drug-likeness (QED) is 0.240. The molecule has 0 saturated carbocycles. The van der Waals surface area contributed by atoms with Crippen LogP contribution < -0.4 is 16.9 Å². The van der Waals surface area contributed by atoms with Gasteiger partial charge in [0.2, 0.25) is 17.2 Å². The third kappa shape index (κ3) is 6.92. The largest absolute Gasteiger partial charge is 0.508 e. The molecule has 5 aromatic rings. The minimum absolute atomic E-state index is 0.00775. The molecule has 2 aromatic carbocycles. The standard InChI is InChI=1S/C15H10O5.2C6H6N2O/c16-9-3-1-8(2-4-9)11-7-20-13-6-10(17)5-12(18)14(13)15(11)19;2*7-6(9)5-1-3-8-4-2-5/h1-7,16-18H;2*1-4H,(H2,7,9). The van der Waals surface area contributed by atoms with Crippen molar-refractivity contribution in [1.29, 1.82) is 0 Å². The van der Waals surface area contributed by atoms with Crippen molar-refractivity contribution in [3.05, 3.63) is 113 Å². The van der Waals surface area contributed by atoms with E-state index in [1.807, 2.05) is 0 Å². The number of pyridine rings is 2. The monoisotopic (exact) mass is 514 g/mol. The fourth-order valence-electron chi connectivity index (χ4n) is 3.09. The first-order valence-corrected chi connectivity index (χ1v) is 10.8. The van der Waals surface area contributed by atoms with E-state index in [1.54, 1.807) is 36.4 Å². The van der Waals surface area contributed by atoms with Crippen LogP contribution in [0.15, 0.2) is 101 Å². The molecule has 11 heteroatoms. The lowest BCUT2D eigenvalue weighted by atomic mass is 10.0. The van der Waals surface area contributed by atoms with E-state index in [4.69, 9.17) is 15.9 Å². The van der Waals surface area contributed by atoms with Gasteiger partial charge in [-0.05, 0) is 42.0 Å². The molecule has 192 valence electrons. The van der Waals surface area contributed by atoms with Crippen molar-refractivity contribution in [3.63, 3.8) is 0 Å². The molecule has 3 heterocycles. The SMILES string of the molecule is NC(=O)c1ccncc1.NC(=O)c1ccncc1.O=c1c(-c2ccc(O)cc2)coc2cc(O)cc(O)c12. The number of aromatic nitrogens is 2. The molecule has 0 aliphatic rings. The summed E-state index contributed by atoms with van der Waals surface area (Å²) in [5, 5.41) is 28.4. The van der Waals surface area contributed by atoms with Crippen molar-refractivity contribution in [2.75, 3.05) is 0 Å². The number of aromatic hydroxyl groups is 3. The molecule has 3 aromatic heterocycles. The summed E-state index contributed by atoms with van der Waals surface area (Å²) in [6, 6.07) is 14.7. The van der Waals surface area contributed by atoms with Crippen LogP contribution in [0.5, 0.6) is 17.2 Å². The van der Waals surface area contributed by atoms with Crippen LogP contribution in [0.3, 0.4) is 0 Å². The number of benzene rings is 2. The number of nitrogens with two attached hydrogens (primary N) is 2. The Morgan fingerprint density at radius 1 is 0.711 bits per heavy atom. The van der Waals surface area contributed by atoms with Crippen molar-refractivity contribution in [2.45, 2.75) is 0 Å². The van der Waals surface area contributed by atoms with Crippen LogP contribution in [-0.2, 0) is 0 Å². The van der Waals surface area contributed by atoms with Gasteiger partial charge >= 0.3 is 0 Å². The molecule has 5 rings (SSSR count). The number of phenols is 3. The smallest absolute Gasteiger partial charge is 0.248 e. The van der Waals surface area contributed by atoms with Gasteiger partial charge in [-0.2, -0.15) is 0 Å². The number of rotatable bonds is 3. The summed E-state index contributed by atoms with van der Waals surface area (Å²) in [6.45, 7) is 0. The Bertz CT molecular complexity index is 1560. The summed E-state index contributed by atoms with van der Waals surface area (Å²) in [4.78, 5) is 40.6. The van der Waals surface area contributed by atoms with E-state index < -0.39 is 17.2 Å². The highest BCUT2D eigenvalue weighted by atomic mass is 16.3. The first kappa shape index (κ1) is 26.9. The van der Waals surface area contributed by atoms with Crippen molar-refractivity contribution >= 4 is 22.8 Å². The number of primary amides is 2. The first-order chi connectivity index (χ1) is 18.2. The van der Waals surface area contributed by atoms with Gasteiger partial charge in [-0.3, -0.25) is 24.4 Å². The Kier molecular flexibility index (Phi) is 8.71. The van der Waals surface area contributed by atoms with Crippen LogP contribution in [0, 0.1) is 0 Å². The van der Waals surface area contributed by atoms with Crippen LogP contribution in [0.4, 0.5) is 0 Å². The number of carbonyl (C=O) groups excluding carboxylic acids is 2. The van der Waals surface area contributed by atoms with E-state index in [-0.39, 0.29) is 33.8 Å². The van der Waals surface area contributed by atoms with Crippen molar-refractivity contribution < 1.29 is 29.3 Å². The maximum atomic E-state index is 12.4. The second-order valence-corrected chi connectivity index (χ2v) is 7.56. The summed E-state index contributed by atoms with van der Waals surface area (Å²) in [5.41, 5.74) is 11.4. The molecule has 2 amide bonds. The van der Waals surface area contributed by atoms with E-state index >= 15 is 0 Å². The van der Waals surface area contributed by atoms with Crippen molar-refractivity contribution in [1.82, 2.24) is 9.97 Å². The molecular weight excluding hydrogens is 492 g/mol. The van der Waals surface area contributed by atoms with E-state index in [0.717, 1.165) is 6.07 Å². The molecule has 0 radical (unpaired) electrons. The number of nitrogens with zero attached hydrogens (tertiary/aromatic N) is 2. The normalized spacial score (nSPS) is 9.89. The van der Waals surface area contributed by atoms with Crippen LogP contribution in [-0.4, -0.2) is 37.1 Å². The number of fused-ring (bicyclic) bond motifs is 1. The highest BCUT2D eigenvalue weighted by Gasteiger charge is 2.13. The molecule has 7 N–H and O–H groups in total. The Labute approximate surface area is 215 Å². The highest BCUT2D eigenvalue weighted by Crippen LogP contribution is 2.29. The summed E-state index contributed by atoms with van der Waals surface area (Å²) in [5.74, 6) is -1.27. The fourth-order valence-corrected chi connectivity index (χ4v) is 3.09. The Balaban J connectivity index is 0.000000184.